The Kier molecular flexibility index (Phi) is 6.35. The fraction of sp³-hybridized carbons (Fsp3) is 0.160. The lowest BCUT2D eigenvalue weighted by molar-refractivity contribution is 0.0990. The van der Waals surface area contributed by atoms with Crippen LogP contribution in [0.1, 0.15) is 44.9 Å². The third-order valence-electron chi connectivity index (χ3n) is 5.03. The number of benzene rings is 2. The quantitative estimate of drug-likeness (QED) is 0.384. The van der Waals surface area contributed by atoms with Crippen molar-refractivity contribution in [1.29, 1.82) is 0 Å². The van der Waals surface area contributed by atoms with Gasteiger partial charge in [0.25, 0.3) is 5.91 Å². The summed E-state index contributed by atoms with van der Waals surface area (Å²) < 4.78 is 26.8. The molecular weight excluding hydrogens is 425 g/mol. The number of halogens is 1. The van der Waals surface area contributed by atoms with Crippen molar-refractivity contribution in [2.45, 2.75) is 27.0 Å². The van der Waals surface area contributed by atoms with E-state index in [2.05, 4.69) is 10.4 Å². The molecule has 168 valence electrons. The number of carbonyl (C=O) groups is 2. The highest BCUT2D eigenvalue weighted by atomic mass is 19.1. The number of ketones is 1. The molecule has 0 atom stereocenters. The summed E-state index contributed by atoms with van der Waals surface area (Å²) in [5.41, 5.74) is 1.89. The van der Waals surface area contributed by atoms with Gasteiger partial charge in [0.2, 0.25) is 0 Å². The van der Waals surface area contributed by atoms with Crippen LogP contribution in [0.25, 0.3) is 0 Å². The largest absolute Gasteiger partial charge is 0.486 e. The van der Waals surface area contributed by atoms with E-state index >= 15 is 0 Å². The molecule has 8 heteroatoms. The molecule has 0 aliphatic carbocycles. The molecule has 2 aromatic carbocycles. The number of rotatable bonds is 8. The van der Waals surface area contributed by atoms with Crippen molar-refractivity contribution in [2.24, 2.45) is 0 Å². The van der Waals surface area contributed by atoms with E-state index in [-0.39, 0.29) is 30.5 Å². The number of furan rings is 1. The van der Waals surface area contributed by atoms with Crippen molar-refractivity contribution in [2.75, 3.05) is 5.32 Å². The van der Waals surface area contributed by atoms with Crippen LogP contribution >= 0.6 is 0 Å². The van der Waals surface area contributed by atoms with E-state index in [1.165, 1.54) is 13.0 Å². The van der Waals surface area contributed by atoms with Crippen LogP contribution in [0, 0.1) is 12.7 Å². The summed E-state index contributed by atoms with van der Waals surface area (Å²) >= 11 is 0. The molecule has 0 bridgehead atoms. The monoisotopic (exact) mass is 447 g/mol. The number of hydrogen-bond acceptors (Lipinski definition) is 5. The minimum atomic E-state index is -0.456. The molecule has 0 unspecified atom stereocenters. The van der Waals surface area contributed by atoms with Crippen LogP contribution in [0.4, 0.5) is 10.2 Å². The highest BCUT2D eigenvalue weighted by molar-refractivity contribution is 6.01. The van der Waals surface area contributed by atoms with E-state index < -0.39 is 5.91 Å². The van der Waals surface area contributed by atoms with Crippen LogP contribution in [0.5, 0.6) is 5.75 Å². The Morgan fingerprint density at radius 1 is 1.09 bits per heavy atom. The molecule has 7 nitrogen and oxygen atoms in total. The molecule has 2 aromatic heterocycles. The average Bonchev–Trinajstić information content (AvgIpc) is 3.41. The van der Waals surface area contributed by atoms with Crippen LogP contribution in [-0.4, -0.2) is 21.5 Å². The molecule has 4 aromatic rings. The second-order valence-electron chi connectivity index (χ2n) is 7.51. The first kappa shape index (κ1) is 22.0. The highest BCUT2D eigenvalue weighted by Gasteiger charge is 2.15. The van der Waals surface area contributed by atoms with E-state index in [1.54, 1.807) is 65.3 Å². The number of carbonyl (C=O) groups excluding carboxylic acids is 2. The number of anilines is 1. The van der Waals surface area contributed by atoms with E-state index in [9.17, 15) is 14.0 Å². The van der Waals surface area contributed by atoms with Gasteiger partial charge in [-0.1, -0.05) is 18.2 Å². The maximum Gasteiger partial charge on any atom is 0.292 e. The van der Waals surface area contributed by atoms with Gasteiger partial charge >= 0.3 is 0 Å². The minimum absolute atomic E-state index is 0.0181. The lowest BCUT2D eigenvalue weighted by atomic mass is 10.1. The van der Waals surface area contributed by atoms with Gasteiger partial charge in [-0.3, -0.25) is 14.3 Å². The molecule has 1 N–H and O–H groups in total. The van der Waals surface area contributed by atoms with Crippen LogP contribution in [0.3, 0.4) is 0 Å². The molecule has 2 heterocycles. The molecule has 0 aliphatic rings. The topological polar surface area (TPSA) is 86.4 Å². The predicted octanol–water partition coefficient (Wildman–Crippen LogP) is 5.01. The Morgan fingerprint density at radius 2 is 1.85 bits per heavy atom. The molecule has 0 spiro atoms. The molecule has 0 aliphatic heterocycles. The second-order valence-corrected chi connectivity index (χ2v) is 7.51. The first-order valence-electron chi connectivity index (χ1n) is 10.3. The first-order chi connectivity index (χ1) is 15.9. The molecule has 0 radical (unpaired) electrons. The van der Waals surface area contributed by atoms with Gasteiger partial charge in [0.05, 0.1) is 6.54 Å². The van der Waals surface area contributed by atoms with E-state index in [0.717, 1.165) is 5.69 Å². The Hall–Kier alpha value is -4.20. The third-order valence-corrected chi connectivity index (χ3v) is 5.03. The average molecular weight is 447 g/mol. The normalized spacial score (nSPS) is 10.8. The van der Waals surface area contributed by atoms with Crippen LogP contribution in [0.15, 0.2) is 71.1 Å². The van der Waals surface area contributed by atoms with Gasteiger partial charge in [-0.2, -0.15) is 5.10 Å². The van der Waals surface area contributed by atoms with E-state index in [4.69, 9.17) is 9.15 Å². The van der Waals surface area contributed by atoms with Crippen LogP contribution < -0.4 is 10.1 Å². The van der Waals surface area contributed by atoms with Crippen molar-refractivity contribution in [3.8, 4) is 5.75 Å². The maximum atomic E-state index is 13.9. The standard InChI is InChI=1S/C25H22FN3O4/c1-16-13-24(28-29(16)14-19-5-3-4-6-22(19)26)27-25(31)23-12-11-21(33-23)15-32-20-9-7-18(8-10-20)17(2)30/h3-13H,14-15H2,1-2H3,(H,27,28,31). The number of nitrogens with one attached hydrogen (secondary N) is 1. The van der Waals surface area contributed by atoms with Crippen molar-refractivity contribution < 1.29 is 23.1 Å². The van der Waals surface area contributed by atoms with Gasteiger partial charge in [0.15, 0.2) is 17.4 Å². The molecular formula is C25H22FN3O4. The number of ether oxygens (including phenoxy) is 1. The smallest absolute Gasteiger partial charge is 0.292 e. The predicted molar refractivity (Wildman–Crippen MR) is 120 cm³/mol. The summed E-state index contributed by atoms with van der Waals surface area (Å²) in [5, 5.41) is 7.03. The number of amides is 1. The van der Waals surface area contributed by atoms with Crippen molar-refractivity contribution in [3.05, 3.63) is 101 Å². The van der Waals surface area contributed by atoms with Crippen molar-refractivity contribution in [3.63, 3.8) is 0 Å². The second kappa shape index (κ2) is 9.52. The Labute approximate surface area is 189 Å². The lowest BCUT2D eigenvalue weighted by Gasteiger charge is -2.05. The minimum Gasteiger partial charge on any atom is -0.486 e. The summed E-state index contributed by atoms with van der Waals surface area (Å²) in [4.78, 5) is 23.9. The summed E-state index contributed by atoms with van der Waals surface area (Å²) in [7, 11) is 0. The SMILES string of the molecule is CC(=O)c1ccc(OCc2ccc(C(=O)Nc3cc(C)n(Cc4ccccc4F)n3)o2)cc1. The van der Waals surface area contributed by atoms with Gasteiger partial charge in [-0.15, -0.1) is 0 Å². The molecule has 33 heavy (non-hydrogen) atoms. The number of hydrogen-bond donors (Lipinski definition) is 1. The fourth-order valence-electron chi connectivity index (χ4n) is 3.22. The first-order valence-corrected chi connectivity index (χ1v) is 10.3. The highest BCUT2D eigenvalue weighted by Crippen LogP contribution is 2.18. The maximum absolute atomic E-state index is 13.9. The van der Waals surface area contributed by atoms with Crippen LogP contribution in [0.2, 0.25) is 0 Å². The number of aryl methyl sites for hydroxylation is 1. The Balaban J connectivity index is 1.36. The molecule has 0 fully saturated rings. The molecule has 0 saturated heterocycles. The summed E-state index contributed by atoms with van der Waals surface area (Å²) in [6.07, 6.45) is 0. The van der Waals surface area contributed by atoms with Crippen molar-refractivity contribution >= 4 is 17.5 Å². The van der Waals surface area contributed by atoms with Gasteiger partial charge in [0.1, 0.15) is 23.9 Å². The lowest BCUT2D eigenvalue weighted by Crippen LogP contribution is -2.12. The van der Waals surface area contributed by atoms with Gasteiger partial charge in [0, 0.05) is 22.9 Å². The van der Waals surface area contributed by atoms with E-state index in [1.807, 2.05) is 6.92 Å². The number of nitrogens with zero attached hydrogens (tertiary/aromatic N) is 2. The Morgan fingerprint density at radius 3 is 2.58 bits per heavy atom. The van der Waals surface area contributed by atoms with Gasteiger partial charge in [-0.25, -0.2) is 4.39 Å². The third kappa shape index (κ3) is 5.35. The Bertz CT molecular complexity index is 1290. The fourth-order valence-corrected chi connectivity index (χ4v) is 3.22. The molecule has 4 rings (SSSR count). The molecule has 1 amide bonds. The zero-order valence-corrected chi connectivity index (χ0v) is 18.2. The zero-order chi connectivity index (χ0) is 23.4. The van der Waals surface area contributed by atoms with E-state index in [0.29, 0.717) is 28.5 Å². The molecule has 0 saturated carbocycles. The van der Waals surface area contributed by atoms with Gasteiger partial charge in [-0.05, 0) is 56.3 Å². The summed E-state index contributed by atoms with van der Waals surface area (Å²) in [6.45, 7) is 3.71. The van der Waals surface area contributed by atoms with Crippen molar-refractivity contribution in [1.82, 2.24) is 9.78 Å². The summed E-state index contributed by atoms with van der Waals surface area (Å²) in [6, 6.07) is 18.2. The summed E-state index contributed by atoms with van der Waals surface area (Å²) in [5.74, 6) is 0.724. The van der Waals surface area contributed by atoms with Crippen LogP contribution in [-0.2, 0) is 13.2 Å². The number of Topliss-reactive ketones (excluding diaryl/α,β-unsaturated/α-hetero) is 1. The van der Waals surface area contributed by atoms with Gasteiger partial charge < -0.3 is 14.5 Å². The number of aromatic nitrogens is 2. The zero-order valence-electron chi connectivity index (χ0n) is 18.2.